The maximum absolute atomic E-state index is 12.3. The van der Waals surface area contributed by atoms with Gasteiger partial charge in [0.2, 0.25) is 5.91 Å². The van der Waals surface area contributed by atoms with Gasteiger partial charge in [-0.3, -0.25) is 4.79 Å². The van der Waals surface area contributed by atoms with Gasteiger partial charge in [0.15, 0.2) is 0 Å². The highest BCUT2D eigenvalue weighted by Crippen LogP contribution is 2.29. The highest BCUT2D eigenvalue weighted by Gasteiger charge is 2.23. The first kappa shape index (κ1) is 20.1. The third-order valence-electron chi connectivity index (χ3n) is 6.47. The van der Waals surface area contributed by atoms with Crippen LogP contribution < -0.4 is 0 Å². The number of carbonyl (C=O) groups excluding carboxylic acids is 1. The van der Waals surface area contributed by atoms with Crippen molar-refractivity contribution in [2.75, 3.05) is 26.8 Å². The van der Waals surface area contributed by atoms with Crippen LogP contribution in [0.3, 0.4) is 0 Å². The molecule has 4 rings (SSSR count). The molecule has 4 heteroatoms. The summed E-state index contributed by atoms with van der Waals surface area (Å²) in [6.07, 6.45) is 4.25. The molecule has 1 saturated heterocycles. The Bertz CT molecular complexity index is 846. The van der Waals surface area contributed by atoms with E-state index in [0.29, 0.717) is 26.1 Å². The molecule has 154 valence electrons. The van der Waals surface area contributed by atoms with E-state index < -0.39 is 0 Å². The Hall–Kier alpha value is -2.17. The summed E-state index contributed by atoms with van der Waals surface area (Å²) in [5.74, 6) is 0.168. The lowest BCUT2D eigenvalue weighted by Crippen LogP contribution is -2.28. The van der Waals surface area contributed by atoms with Gasteiger partial charge in [-0.25, -0.2) is 0 Å². The number of nitrogens with zero attached hydrogens (tertiary/aromatic N) is 2. The molecule has 0 bridgehead atoms. The Morgan fingerprint density at radius 2 is 1.83 bits per heavy atom. The number of ether oxygens (including phenoxy) is 1. The van der Waals surface area contributed by atoms with Crippen molar-refractivity contribution in [3.63, 3.8) is 0 Å². The molecule has 4 nitrogen and oxygen atoms in total. The van der Waals surface area contributed by atoms with E-state index in [1.54, 1.807) is 7.11 Å². The first-order chi connectivity index (χ1) is 14.1. The SMILES string of the molecule is COCCC(=O)N1Cc2ccc(-c3ccc(CCN4CCCC4C)cc3)cc2C1. The largest absolute Gasteiger partial charge is 0.384 e. The Morgan fingerprint density at radius 1 is 1.07 bits per heavy atom. The molecule has 0 radical (unpaired) electrons. The molecular formula is C25H32N2O2. The number of fused-ring (bicyclic) bond motifs is 1. The maximum Gasteiger partial charge on any atom is 0.225 e. The van der Waals surface area contributed by atoms with Gasteiger partial charge in [0.05, 0.1) is 13.0 Å². The Kier molecular flexibility index (Phi) is 6.31. The molecule has 0 aromatic heterocycles. The van der Waals surface area contributed by atoms with Crippen LogP contribution in [0.5, 0.6) is 0 Å². The van der Waals surface area contributed by atoms with Crippen LogP contribution in [0.1, 0.15) is 42.9 Å². The van der Waals surface area contributed by atoms with E-state index in [1.165, 1.54) is 47.2 Å². The van der Waals surface area contributed by atoms with Crippen LogP contribution in [0.15, 0.2) is 42.5 Å². The third kappa shape index (κ3) is 4.71. The number of amides is 1. The van der Waals surface area contributed by atoms with Crippen molar-refractivity contribution in [1.82, 2.24) is 9.80 Å². The summed E-state index contributed by atoms with van der Waals surface area (Å²) in [5.41, 5.74) is 6.41. The molecule has 1 fully saturated rings. The van der Waals surface area contributed by atoms with E-state index in [9.17, 15) is 4.79 Å². The number of likely N-dealkylation sites (tertiary alicyclic amines) is 1. The summed E-state index contributed by atoms with van der Waals surface area (Å²) in [7, 11) is 1.64. The maximum atomic E-state index is 12.3. The van der Waals surface area contributed by atoms with Gasteiger partial charge in [0.1, 0.15) is 0 Å². The molecule has 1 amide bonds. The first-order valence-electron chi connectivity index (χ1n) is 10.9. The topological polar surface area (TPSA) is 32.8 Å². The zero-order valence-electron chi connectivity index (χ0n) is 17.7. The number of benzene rings is 2. The van der Waals surface area contributed by atoms with E-state index in [1.807, 2.05) is 4.90 Å². The molecular weight excluding hydrogens is 360 g/mol. The van der Waals surface area contributed by atoms with Crippen molar-refractivity contribution in [3.8, 4) is 11.1 Å². The summed E-state index contributed by atoms with van der Waals surface area (Å²) < 4.78 is 5.04. The zero-order valence-corrected chi connectivity index (χ0v) is 17.7. The fraction of sp³-hybridized carbons (Fsp3) is 0.480. The van der Waals surface area contributed by atoms with Crippen molar-refractivity contribution in [2.24, 2.45) is 0 Å². The number of rotatable bonds is 7. The summed E-state index contributed by atoms with van der Waals surface area (Å²) >= 11 is 0. The molecule has 0 aliphatic carbocycles. The van der Waals surface area contributed by atoms with E-state index >= 15 is 0 Å². The zero-order chi connectivity index (χ0) is 20.2. The van der Waals surface area contributed by atoms with Gasteiger partial charge in [-0.2, -0.15) is 0 Å². The quantitative estimate of drug-likeness (QED) is 0.706. The molecule has 2 aliphatic rings. The van der Waals surface area contributed by atoms with Crippen molar-refractivity contribution < 1.29 is 9.53 Å². The number of hydrogen-bond donors (Lipinski definition) is 0. The predicted molar refractivity (Wildman–Crippen MR) is 117 cm³/mol. The highest BCUT2D eigenvalue weighted by atomic mass is 16.5. The van der Waals surface area contributed by atoms with Crippen molar-refractivity contribution in [3.05, 3.63) is 59.2 Å². The average Bonchev–Trinajstić information content (AvgIpc) is 3.36. The Labute approximate surface area is 174 Å². The molecule has 2 heterocycles. The fourth-order valence-corrected chi connectivity index (χ4v) is 4.56. The molecule has 1 unspecified atom stereocenters. The van der Waals surface area contributed by atoms with Crippen molar-refractivity contribution in [2.45, 2.75) is 51.7 Å². The van der Waals surface area contributed by atoms with Gasteiger partial charge in [-0.1, -0.05) is 36.4 Å². The average molecular weight is 393 g/mol. The molecule has 2 aromatic rings. The molecule has 0 spiro atoms. The van der Waals surface area contributed by atoms with Gasteiger partial charge in [0, 0.05) is 32.8 Å². The van der Waals surface area contributed by atoms with Gasteiger partial charge in [0.25, 0.3) is 0 Å². The smallest absolute Gasteiger partial charge is 0.225 e. The van der Waals surface area contributed by atoms with Crippen LogP contribution in [-0.2, 0) is 29.0 Å². The van der Waals surface area contributed by atoms with E-state index in [0.717, 1.165) is 19.0 Å². The molecule has 1 atom stereocenters. The lowest BCUT2D eigenvalue weighted by Gasteiger charge is -2.20. The highest BCUT2D eigenvalue weighted by molar-refractivity contribution is 5.77. The van der Waals surface area contributed by atoms with Crippen LogP contribution in [0.25, 0.3) is 11.1 Å². The minimum Gasteiger partial charge on any atom is -0.384 e. The summed E-state index contributed by atoms with van der Waals surface area (Å²) in [6, 6.07) is 16.4. The summed E-state index contributed by atoms with van der Waals surface area (Å²) in [4.78, 5) is 16.8. The number of carbonyl (C=O) groups is 1. The number of hydrogen-bond acceptors (Lipinski definition) is 3. The Morgan fingerprint density at radius 3 is 2.55 bits per heavy atom. The third-order valence-corrected chi connectivity index (χ3v) is 6.47. The molecule has 29 heavy (non-hydrogen) atoms. The minimum absolute atomic E-state index is 0.168. The monoisotopic (exact) mass is 392 g/mol. The molecule has 0 N–H and O–H groups in total. The summed E-state index contributed by atoms with van der Waals surface area (Å²) in [5, 5.41) is 0. The van der Waals surface area contributed by atoms with Crippen LogP contribution in [0.2, 0.25) is 0 Å². The van der Waals surface area contributed by atoms with Gasteiger partial charge < -0.3 is 14.5 Å². The fourth-order valence-electron chi connectivity index (χ4n) is 4.56. The van der Waals surface area contributed by atoms with Crippen LogP contribution in [-0.4, -0.2) is 48.6 Å². The van der Waals surface area contributed by atoms with Crippen molar-refractivity contribution in [1.29, 1.82) is 0 Å². The molecule has 0 saturated carbocycles. The van der Waals surface area contributed by atoms with E-state index in [4.69, 9.17) is 4.74 Å². The Balaban J connectivity index is 1.38. The second-order valence-corrected chi connectivity index (χ2v) is 8.45. The lowest BCUT2D eigenvalue weighted by atomic mass is 9.99. The van der Waals surface area contributed by atoms with Crippen molar-refractivity contribution >= 4 is 5.91 Å². The normalized spacial score (nSPS) is 19.0. The van der Waals surface area contributed by atoms with Crippen LogP contribution in [0.4, 0.5) is 0 Å². The molecule has 2 aliphatic heterocycles. The van der Waals surface area contributed by atoms with E-state index in [2.05, 4.69) is 54.3 Å². The first-order valence-corrected chi connectivity index (χ1v) is 10.9. The second-order valence-electron chi connectivity index (χ2n) is 8.45. The lowest BCUT2D eigenvalue weighted by molar-refractivity contribution is -0.132. The predicted octanol–water partition coefficient (Wildman–Crippen LogP) is 4.26. The minimum atomic E-state index is 0.168. The second kappa shape index (κ2) is 9.10. The van der Waals surface area contributed by atoms with Crippen LogP contribution in [0, 0.1) is 0 Å². The number of methoxy groups -OCH3 is 1. The van der Waals surface area contributed by atoms with Gasteiger partial charge >= 0.3 is 0 Å². The standard InChI is InChI=1S/C25H32N2O2/c1-19-4-3-13-26(19)14-11-20-5-7-21(8-6-20)22-9-10-23-17-27(18-24(23)16-22)25(28)12-15-29-2/h5-10,16,19H,3-4,11-15,17-18H2,1-2H3. The van der Waals surface area contributed by atoms with Crippen LogP contribution >= 0.6 is 0 Å². The van der Waals surface area contributed by atoms with Gasteiger partial charge in [-0.15, -0.1) is 0 Å². The van der Waals surface area contributed by atoms with Gasteiger partial charge in [-0.05, 0) is 66.6 Å². The van der Waals surface area contributed by atoms with E-state index in [-0.39, 0.29) is 5.91 Å². The summed E-state index contributed by atoms with van der Waals surface area (Å²) in [6.45, 7) is 6.66. The molecule has 2 aromatic carbocycles.